The Bertz CT molecular complexity index is 554. The van der Waals surface area contributed by atoms with Gasteiger partial charge in [-0.3, -0.25) is 9.89 Å². The summed E-state index contributed by atoms with van der Waals surface area (Å²) >= 11 is 6.62. The molecule has 0 aliphatic carbocycles. The van der Waals surface area contributed by atoms with E-state index in [0.717, 1.165) is 10.7 Å². The number of aromatic amines is 1. The number of anilines is 1. The van der Waals surface area contributed by atoms with Gasteiger partial charge in [0, 0.05) is 16.9 Å². The number of rotatable bonds is 2. The van der Waals surface area contributed by atoms with Crippen molar-refractivity contribution in [3.63, 3.8) is 0 Å². The van der Waals surface area contributed by atoms with Gasteiger partial charge < -0.3 is 5.32 Å². The van der Waals surface area contributed by atoms with Gasteiger partial charge in [-0.25, -0.2) is 0 Å². The molecule has 1 aromatic heterocycles. The zero-order valence-electron chi connectivity index (χ0n) is 8.30. The maximum atomic E-state index is 12.1. The van der Waals surface area contributed by atoms with Gasteiger partial charge in [0.25, 0.3) is 5.91 Å². The Morgan fingerprint density at radius 2 is 2.06 bits per heavy atom. The lowest BCUT2D eigenvalue weighted by molar-refractivity contribution is 0.102. The molecule has 0 aliphatic rings. The number of halogens is 3. The van der Waals surface area contributed by atoms with E-state index in [1.807, 2.05) is 12.1 Å². The third-order valence-corrected chi connectivity index (χ3v) is 5.66. The molecule has 2 aromatic rings. The van der Waals surface area contributed by atoms with Gasteiger partial charge in [0.15, 0.2) is 0 Å². The summed E-state index contributed by atoms with van der Waals surface area (Å²) in [5.41, 5.74) is 1.35. The molecule has 1 amide bonds. The first-order valence-electron chi connectivity index (χ1n) is 4.52. The standard InChI is InChI=1S/C10H6I3N3O/c11-5-1-7(9(13)8(12)2-5)10(17)16-6-3-14-15-4-6/h1-4H,(H,14,15)(H,16,17). The average molecular weight is 565 g/mol. The Kier molecular flexibility index (Phi) is 4.63. The number of aromatic nitrogens is 2. The van der Waals surface area contributed by atoms with Crippen LogP contribution in [-0.4, -0.2) is 16.1 Å². The van der Waals surface area contributed by atoms with Crippen LogP contribution in [0.1, 0.15) is 10.4 Å². The Morgan fingerprint density at radius 3 is 2.71 bits per heavy atom. The normalized spacial score (nSPS) is 10.3. The van der Waals surface area contributed by atoms with Crippen LogP contribution in [0, 0.1) is 10.7 Å². The van der Waals surface area contributed by atoms with Crippen LogP contribution in [0.3, 0.4) is 0 Å². The van der Waals surface area contributed by atoms with Gasteiger partial charge in [-0.05, 0) is 79.9 Å². The smallest absolute Gasteiger partial charge is 0.256 e. The lowest BCUT2D eigenvalue weighted by Gasteiger charge is -2.07. The number of nitrogens with one attached hydrogen (secondary N) is 2. The lowest BCUT2D eigenvalue weighted by Crippen LogP contribution is -2.14. The first-order valence-corrected chi connectivity index (χ1v) is 7.76. The molecule has 17 heavy (non-hydrogen) atoms. The molecule has 0 fully saturated rings. The minimum absolute atomic E-state index is 0.118. The zero-order chi connectivity index (χ0) is 12.4. The molecule has 0 spiro atoms. The van der Waals surface area contributed by atoms with E-state index in [1.54, 1.807) is 12.4 Å². The van der Waals surface area contributed by atoms with Gasteiger partial charge in [0.05, 0.1) is 17.4 Å². The van der Waals surface area contributed by atoms with Gasteiger partial charge in [-0.1, -0.05) is 0 Å². The molecule has 0 aliphatic heterocycles. The van der Waals surface area contributed by atoms with Crippen LogP contribution in [0.2, 0.25) is 0 Å². The van der Waals surface area contributed by atoms with Crippen LogP contribution in [0.5, 0.6) is 0 Å². The van der Waals surface area contributed by atoms with Crippen molar-refractivity contribution in [3.05, 3.63) is 40.8 Å². The fourth-order valence-corrected chi connectivity index (χ4v) is 3.64. The minimum Gasteiger partial charge on any atom is -0.319 e. The molecule has 88 valence electrons. The number of benzene rings is 1. The topological polar surface area (TPSA) is 57.8 Å². The van der Waals surface area contributed by atoms with E-state index in [2.05, 4.69) is 83.3 Å². The highest BCUT2D eigenvalue weighted by Gasteiger charge is 2.14. The molecule has 0 atom stereocenters. The summed E-state index contributed by atoms with van der Waals surface area (Å²) in [7, 11) is 0. The molecule has 0 saturated carbocycles. The van der Waals surface area contributed by atoms with E-state index >= 15 is 0 Å². The number of hydrogen-bond donors (Lipinski definition) is 2. The van der Waals surface area contributed by atoms with Crippen molar-refractivity contribution in [2.24, 2.45) is 0 Å². The highest BCUT2D eigenvalue weighted by atomic mass is 127. The van der Waals surface area contributed by atoms with Crippen molar-refractivity contribution in [2.45, 2.75) is 0 Å². The van der Waals surface area contributed by atoms with E-state index < -0.39 is 0 Å². The van der Waals surface area contributed by atoms with Crippen LogP contribution in [0.4, 0.5) is 5.69 Å². The lowest BCUT2D eigenvalue weighted by atomic mass is 10.2. The van der Waals surface area contributed by atoms with E-state index in [9.17, 15) is 4.79 Å². The van der Waals surface area contributed by atoms with Crippen LogP contribution in [0.15, 0.2) is 24.5 Å². The fraction of sp³-hybridized carbons (Fsp3) is 0. The SMILES string of the molecule is O=C(Nc1cn[nH]c1)c1cc(I)cc(I)c1I. The van der Waals surface area contributed by atoms with E-state index in [1.165, 1.54) is 0 Å². The van der Waals surface area contributed by atoms with Crippen molar-refractivity contribution in [3.8, 4) is 0 Å². The average Bonchev–Trinajstić information content (AvgIpc) is 2.76. The predicted molar refractivity (Wildman–Crippen MR) is 91.1 cm³/mol. The van der Waals surface area contributed by atoms with Crippen molar-refractivity contribution >= 4 is 79.4 Å². The van der Waals surface area contributed by atoms with Crippen molar-refractivity contribution < 1.29 is 4.79 Å². The Labute approximate surface area is 139 Å². The van der Waals surface area contributed by atoms with E-state index in [4.69, 9.17) is 0 Å². The monoisotopic (exact) mass is 565 g/mol. The van der Waals surface area contributed by atoms with Gasteiger partial charge in [0.2, 0.25) is 0 Å². The first kappa shape index (κ1) is 13.5. The van der Waals surface area contributed by atoms with Gasteiger partial charge >= 0.3 is 0 Å². The first-order chi connectivity index (χ1) is 8.08. The molecule has 2 N–H and O–H groups in total. The summed E-state index contributed by atoms with van der Waals surface area (Å²) in [6.45, 7) is 0. The highest BCUT2D eigenvalue weighted by Crippen LogP contribution is 2.23. The summed E-state index contributed by atoms with van der Waals surface area (Å²) in [6.07, 6.45) is 3.22. The molecular weight excluding hydrogens is 559 g/mol. The summed E-state index contributed by atoms with van der Waals surface area (Å²) in [5.74, 6) is -0.118. The quantitative estimate of drug-likeness (QED) is 0.434. The highest BCUT2D eigenvalue weighted by molar-refractivity contribution is 14.1. The van der Waals surface area contributed by atoms with Crippen molar-refractivity contribution in [2.75, 3.05) is 5.32 Å². The summed E-state index contributed by atoms with van der Waals surface area (Å²) in [4.78, 5) is 12.1. The molecule has 1 aromatic carbocycles. The number of carbonyl (C=O) groups is 1. The molecule has 0 unspecified atom stereocenters. The van der Waals surface area contributed by atoms with Crippen LogP contribution >= 0.6 is 67.8 Å². The second-order valence-corrected chi connectivity index (χ2v) is 6.68. The second-order valence-electron chi connectivity index (χ2n) is 3.19. The third kappa shape index (κ3) is 3.30. The number of H-pyrrole nitrogens is 1. The number of carbonyl (C=O) groups excluding carboxylic acids is 1. The summed E-state index contributed by atoms with van der Waals surface area (Å²) in [6, 6.07) is 3.91. The number of nitrogens with zero attached hydrogens (tertiary/aromatic N) is 1. The number of amides is 1. The molecule has 1 heterocycles. The summed E-state index contributed by atoms with van der Waals surface area (Å²) < 4.78 is 3.09. The molecule has 0 radical (unpaired) electrons. The molecule has 2 rings (SSSR count). The predicted octanol–water partition coefficient (Wildman–Crippen LogP) is 3.48. The minimum atomic E-state index is -0.118. The van der Waals surface area contributed by atoms with Gasteiger partial charge in [-0.2, -0.15) is 5.10 Å². The largest absolute Gasteiger partial charge is 0.319 e. The maximum absolute atomic E-state index is 12.1. The summed E-state index contributed by atoms with van der Waals surface area (Å²) in [5, 5.41) is 9.23. The Hall–Kier alpha value is 0.0900. The molecular formula is C10H6I3N3O. The second kappa shape index (κ2) is 5.82. The van der Waals surface area contributed by atoms with Crippen molar-refractivity contribution in [1.29, 1.82) is 0 Å². The number of hydrogen-bond acceptors (Lipinski definition) is 2. The molecule has 0 bridgehead atoms. The van der Waals surface area contributed by atoms with Gasteiger partial charge in [0.1, 0.15) is 0 Å². The van der Waals surface area contributed by atoms with Gasteiger partial charge in [-0.15, -0.1) is 0 Å². The zero-order valence-corrected chi connectivity index (χ0v) is 14.8. The van der Waals surface area contributed by atoms with Crippen LogP contribution in [-0.2, 0) is 0 Å². The Balaban J connectivity index is 2.31. The van der Waals surface area contributed by atoms with E-state index in [-0.39, 0.29) is 5.91 Å². The van der Waals surface area contributed by atoms with E-state index in [0.29, 0.717) is 11.3 Å². The van der Waals surface area contributed by atoms with Crippen LogP contribution in [0.25, 0.3) is 0 Å². The fourth-order valence-electron chi connectivity index (χ4n) is 1.24. The Morgan fingerprint density at radius 1 is 1.29 bits per heavy atom. The maximum Gasteiger partial charge on any atom is 0.256 e. The molecule has 0 saturated heterocycles. The third-order valence-electron chi connectivity index (χ3n) is 1.99. The molecule has 4 nitrogen and oxygen atoms in total. The van der Waals surface area contributed by atoms with Crippen LogP contribution < -0.4 is 5.32 Å². The molecule has 7 heteroatoms. The van der Waals surface area contributed by atoms with Crippen molar-refractivity contribution in [1.82, 2.24) is 10.2 Å².